The van der Waals surface area contributed by atoms with E-state index in [1.807, 2.05) is 18.0 Å². The van der Waals surface area contributed by atoms with Crippen molar-refractivity contribution in [1.29, 1.82) is 0 Å². The molecular formula is C11H15N3OS. The molecule has 0 bridgehead atoms. The van der Waals surface area contributed by atoms with E-state index in [4.69, 9.17) is 0 Å². The number of aromatic nitrogens is 1. The van der Waals surface area contributed by atoms with Crippen LogP contribution in [0.3, 0.4) is 0 Å². The number of nitrogens with zero attached hydrogens (tertiary/aromatic N) is 2. The molecule has 16 heavy (non-hydrogen) atoms. The molecule has 1 aromatic rings. The van der Waals surface area contributed by atoms with Crippen LogP contribution in [0.5, 0.6) is 0 Å². The highest BCUT2D eigenvalue weighted by Gasteiger charge is 2.40. The standard InChI is InChI=1S/C11H15N3OS/c1-7-13-6-9(16-7)11-8-2-3-10(15)14(8)5-4-12-11/h6,8,11-12H,2-5H2,1H3/t8-,11+/m0/s1. The molecule has 1 amide bonds. The summed E-state index contributed by atoms with van der Waals surface area (Å²) in [4.78, 5) is 19.3. The number of carbonyl (C=O) groups excluding carboxylic acids is 1. The molecule has 1 aromatic heterocycles. The predicted octanol–water partition coefficient (Wildman–Crippen LogP) is 1.09. The van der Waals surface area contributed by atoms with Gasteiger partial charge in [0.15, 0.2) is 0 Å². The number of rotatable bonds is 1. The molecule has 2 aliphatic heterocycles. The lowest BCUT2D eigenvalue weighted by Gasteiger charge is -2.36. The molecule has 3 heterocycles. The summed E-state index contributed by atoms with van der Waals surface area (Å²) >= 11 is 1.73. The average molecular weight is 237 g/mol. The zero-order valence-electron chi connectivity index (χ0n) is 9.27. The van der Waals surface area contributed by atoms with Gasteiger partial charge in [0.05, 0.1) is 17.1 Å². The fourth-order valence-electron chi connectivity index (χ4n) is 2.68. The lowest BCUT2D eigenvalue weighted by Crippen LogP contribution is -2.51. The van der Waals surface area contributed by atoms with Crippen LogP contribution in [0.25, 0.3) is 0 Å². The van der Waals surface area contributed by atoms with Crippen LogP contribution in [0.2, 0.25) is 0 Å². The first-order chi connectivity index (χ1) is 7.75. The Balaban J connectivity index is 1.87. The molecule has 0 saturated carbocycles. The topological polar surface area (TPSA) is 45.2 Å². The summed E-state index contributed by atoms with van der Waals surface area (Å²) in [6, 6.07) is 0.646. The average Bonchev–Trinajstić information content (AvgIpc) is 2.86. The SMILES string of the molecule is Cc1ncc([C@@H]2NCCN3C(=O)CC[C@@H]23)s1. The molecule has 0 radical (unpaired) electrons. The van der Waals surface area contributed by atoms with Gasteiger partial charge in [-0.2, -0.15) is 0 Å². The first-order valence-electron chi connectivity index (χ1n) is 5.71. The number of piperazine rings is 1. The fourth-order valence-corrected chi connectivity index (χ4v) is 3.60. The minimum Gasteiger partial charge on any atom is -0.336 e. The third-order valence-corrected chi connectivity index (χ3v) is 4.42. The Kier molecular flexibility index (Phi) is 2.44. The number of hydrogen-bond donors (Lipinski definition) is 1. The zero-order chi connectivity index (χ0) is 11.1. The van der Waals surface area contributed by atoms with Crippen molar-refractivity contribution in [3.05, 3.63) is 16.1 Å². The van der Waals surface area contributed by atoms with E-state index >= 15 is 0 Å². The second-order valence-corrected chi connectivity index (χ2v) is 5.67. The number of fused-ring (bicyclic) bond motifs is 1. The number of aryl methyl sites for hydroxylation is 1. The maximum absolute atomic E-state index is 11.7. The Labute approximate surface area is 98.7 Å². The molecule has 1 N–H and O–H groups in total. The number of nitrogens with one attached hydrogen (secondary N) is 1. The Bertz CT molecular complexity index is 417. The molecule has 2 fully saturated rings. The van der Waals surface area contributed by atoms with E-state index in [-0.39, 0.29) is 0 Å². The summed E-state index contributed by atoms with van der Waals surface area (Å²) in [7, 11) is 0. The number of thiazole rings is 1. The van der Waals surface area contributed by atoms with Crippen LogP contribution in [-0.4, -0.2) is 34.9 Å². The van der Waals surface area contributed by atoms with Gasteiger partial charge >= 0.3 is 0 Å². The van der Waals surface area contributed by atoms with Crippen LogP contribution in [0.1, 0.15) is 28.8 Å². The Morgan fingerprint density at radius 1 is 1.62 bits per heavy atom. The molecule has 0 unspecified atom stereocenters. The van der Waals surface area contributed by atoms with Gasteiger partial charge < -0.3 is 10.2 Å². The molecule has 4 nitrogen and oxygen atoms in total. The van der Waals surface area contributed by atoms with Crippen molar-refractivity contribution in [2.24, 2.45) is 0 Å². The Morgan fingerprint density at radius 2 is 2.50 bits per heavy atom. The van der Waals surface area contributed by atoms with E-state index in [0.717, 1.165) is 24.5 Å². The third-order valence-electron chi connectivity index (χ3n) is 3.42. The van der Waals surface area contributed by atoms with Crippen LogP contribution in [0, 0.1) is 6.92 Å². The Morgan fingerprint density at radius 3 is 3.25 bits per heavy atom. The van der Waals surface area contributed by atoms with E-state index in [9.17, 15) is 4.79 Å². The van der Waals surface area contributed by atoms with Crippen molar-refractivity contribution in [3.8, 4) is 0 Å². The summed E-state index contributed by atoms with van der Waals surface area (Å²) in [6.07, 6.45) is 3.64. The van der Waals surface area contributed by atoms with Crippen molar-refractivity contribution in [1.82, 2.24) is 15.2 Å². The van der Waals surface area contributed by atoms with Crippen molar-refractivity contribution >= 4 is 17.2 Å². The minimum atomic E-state index is 0.298. The lowest BCUT2D eigenvalue weighted by atomic mass is 10.0. The van der Waals surface area contributed by atoms with Crippen LogP contribution in [0.15, 0.2) is 6.20 Å². The molecule has 0 aromatic carbocycles. The van der Waals surface area contributed by atoms with Crippen LogP contribution < -0.4 is 5.32 Å². The molecule has 2 saturated heterocycles. The van der Waals surface area contributed by atoms with Crippen molar-refractivity contribution < 1.29 is 4.79 Å². The molecular weight excluding hydrogens is 222 g/mol. The van der Waals surface area contributed by atoms with Gasteiger partial charge in [-0.3, -0.25) is 4.79 Å². The van der Waals surface area contributed by atoms with Crippen molar-refractivity contribution in [2.75, 3.05) is 13.1 Å². The number of carbonyl (C=O) groups is 1. The summed E-state index contributed by atoms with van der Waals surface area (Å²) in [5.41, 5.74) is 0. The van der Waals surface area contributed by atoms with Crippen molar-refractivity contribution in [3.63, 3.8) is 0 Å². The second kappa shape index (κ2) is 3.82. The zero-order valence-corrected chi connectivity index (χ0v) is 10.1. The van der Waals surface area contributed by atoms with Crippen LogP contribution in [0.4, 0.5) is 0 Å². The van der Waals surface area contributed by atoms with E-state index in [0.29, 0.717) is 24.4 Å². The largest absolute Gasteiger partial charge is 0.336 e. The number of amides is 1. The van der Waals surface area contributed by atoms with E-state index < -0.39 is 0 Å². The quantitative estimate of drug-likeness (QED) is 0.795. The summed E-state index contributed by atoms with van der Waals surface area (Å²) < 4.78 is 0. The van der Waals surface area contributed by atoms with Crippen LogP contribution in [-0.2, 0) is 4.79 Å². The summed E-state index contributed by atoms with van der Waals surface area (Å²) in [6.45, 7) is 3.77. The van der Waals surface area contributed by atoms with Gasteiger partial charge in [-0.15, -0.1) is 11.3 Å². The first kappa shape index (κ1) is 10.2. The van der Waals surface area contributed by atoms with Gasteiger partial charge in [-0.25, -0.2) is 4.98 Å². The van der Waals surface area contributed by atoms with Crippen LogP contribution >= 0.6 is 11.3 Å². The van der Waals surface area contributed by atoms with Crippen molar-refractivity contribution in [2.45, 2.75) is 31.8 Å². The molecule has 2 atom stereocenters. The number of hydrogen-bond acceptors (Lipinski definition) is 4. The maximum atomic E-state index is 11.7. The molecule has 86 valence electrons. The summed E-state index contributed by atoms with van der Waals surface area (Å²) in [5, 5.41) is 4.61. The van der Waals surface area contributed by atoms with Gasteiger partial charge in [0.25, 0.3) is 0 Å². The van der Waals surface area contributed by atoms with Gasteiger partial charge in [-0.05, 0) is 13.3 Å². The fraction of sp³-hybridized carbons (Fsp3) is 0.636. The highest BCUT2D eigenvalue weighted by Crippen LogP contribution is 2.34. The molecule has 5 heteroatoms. The van der Waals surface area contributed by atoms with Gasteiger partial charge in [-0.1, -0.05) is 0 Å². The Hall–Kier alpha value is -0.940. The van der Waals surface area contributed by atoms with E-state index in [1.165, 1.54) is 4.88 Å². The first-order valence-corrected chi connectivity index (χ1v) is 6.52. The lowest BCUT2D eigenvalue weighted by molar-refractivity contribution is -0.130. The molecule has 0 spiro atoms. The van der Waals surface area contributed by atoms with E-state index in [2.05, 4.69) is 10.3 Å². The van der Waals surface area contributed by atoms with Gasteiger partial charge in [0, 0.05) is 30.6 Å². The monoisotopic (exact) mass is 237 g/mol. The molecule has 0 aliphatic carbocycles. The minimum absolute atomic E-state index is 0.298. The van der Waals surface area contributed by atoms with Gasteiger partial charge in [0.1, 0.15) is 0 Å². The van der Waals surface area contributed by atoms with Gasteiger partial charge in [0.2, 0.25) is 5.91 Å². The highest BCUT2D eigenvalue weighted by molar-refractivity contribution is 7.11. The molecule has 2 aliphatic rings. The van der Waals surface area contributed by atoms with E-state index in [1.54, 1.807) is 11.3 Å². The normalized spacial score (nSPS) is 29.6. The third kappa shape index (κ3) is 1.55. The molecule has 3 rings (SSSR count). The smallest absolute Gasteiger partial charge is 0.223 e. The highest BCUT2D eigenvalue weighted by atomic mass is 32.1. The summed E-state index contributed by atoms with van der Waals surface area (Å²) in [5.74, 6) is 0.317. The second-order valence-electron chi connectivity index (χ2n) is 4.41. The maximum Gasteiger partial charge on any atom is 0.223 e. The predicted molar refractivity (Wildman–Crippen MR) is 62.3 cm³/mol.